The summed E-state index contributed by atoms with van der Waals surface area (Å²) in [7, 11) is 0. The van der Waals surface area contributed by atoms with Gasteiger partial charge < -0.3 is 10.4 Å². The molecule has 1 aliphatic rings. The van der Waals surface area contributed by atoms with Crippen molar-refractivity contribution in [3.05, 3.63) is 35.2 Å². The predicted octanol–water partition coefficient (Wildman–Crippen LogP) is 3.33. The topological polar surface area (TPSA) is 62.2 Å². The number of carboxylic acid groups (broad SMARTS) is 1. The molecule has 2 N–H and O–H groups in total. The fourth-order valence-electron chi connectivity index (χ4n) is 1.82. The van der Waals surface area contributed by atoms with Crippen LogP contribution in [0.25, 0.3) is 11.3 Å². The Morgan fingerprint density at radius 3 is 2.74 bits per heavy atom. The summed E-state index contributed by atoms with van der Waals surface area (Å²) in [6.07, 6.45) is 2.64. The summed E-state index contributed by atoms with van der Waals surface area (Å²) in [4.78, 5) is 15.3. The lowest BCUT2D eigenvalue weighted by Crippen LogP contribution is -2.02. The molecule has 1 saturated carbocycles. The average molecular weight is 274 g/mol. The smallest absolute Gasteiger partial charge is 0.335 e. The Hall–Kier alpha value is -1.88. The highest BCUT2D eigenvalue weighted by Crippen LogP contribution is 2.30. The molecule has 2 aromatic rings. The molecule has 0 spiro atoms. The van der Waals surface area contributed by atoms with Gasteiger partial charge in [0, 0.05) is 17.5 Å². The molecule has 19 heavy (non-hydrogen) atoms. The fraction of sp³-hybridized carbons (Fsp3) is 0.286. The van der Waals surface area contributed by atoms with Gasteiger partial charge in [-0.25, -0.2) is 9.78 Å². The Bertz CT molecular complexity index is 588. The Morgan fingerprint density at radius 1 is 1.37 bits per heavy atom. The van der Waals surface area contributed by atoms with E-state index in [0.29, 0.717) is 5.56 Å². The van der Waals surface area contributed by atoms with Gasteiger partial charge in [-0.3, -0.25) is 0 Å². The molecule has 5 heteroatoms. The van der Waals surface area contributed by atoms with E-state index < -0.39 is 5.97 Å². The summed E-state index contributed by atoms with van der Waals surface area (Å²) in [6, 6.07) is 6.80. The van der Waals surface area contributed by atoms with Gasteiger partial charge in [-0.1, -0.05) is 12.1 Å². The first kappa shape index (κ1) is 12.2. The minimum atomic E-state index is -0.906. The van der Waals surface area contributed by atoms with Gasteiger partial charge in [-0.15, -0.1) is 11.3 Å². The number of benzene rings is 1. The number of hydrogen-bond donors (Lipinski definition) is 2. The Labute approximate surface area is 115 Å². The number of nitrogens with zero attached hydrogens (tertiary/aromatic N) is 1. The first-order valence-electron chi connectivity index (χ1n) is 6.25. The van der Waals surface area contributed by atoms with Crippen LogP contribution in [0, 0.1) is 5.92 Å². The van der Waals surface area contributed by atoms with Gasteiger partial charge in [0.2, 0.25) is 0 Å². The van der Waals surface area contributed by atoms with E-state index in [1.807, 2.05) is 5.38 Å². The number of aromatic nitrogens is 1. The summed E-state index contributed by atoms with van der Waals surface area (Å²) in [6.45, 7) is 1.00. The zero-order valence-corrected chi connectivity index (χ0v) is 11.1. The lowest BCUT2D eigenvalue weighted by molar-refractivity contribution is 0.0697. The van der Waals surface area contributed by atoms with Gasteiger partial charge in [0.15, 0.2) is 5.13 Å². The lowest BCUT2D eigenvalue weighted by atomic mass is 10.1. The van der Waals surface area contributed by atoms with Crippen molar-refractivity contribution in [1.82, 2.24) is 4.98 Å². The van der Waals surface area contributed by atoms with Gasteiger partial charge in [0.05, 0.1) is 11.3 Å². The number of carboxylic acids is 1. The summed E-state index contributed by atoms with van der Waals surface area (Å²) in [5.41, 5.74) is 2.13. The second kappa shape index (κ2) is 5.01. The second-order valence-corrected chi connectivity index (χ2v) is 5.60. The highest BCUT2D eigenvalue weighted by molar-refractivity contribution is 7.14. The van der Waals surface area contributed by atoms with Gasteiger partial charge >= 0.3 is 5.97 Å². The van der Waals surface area contributed by atoms with Crippen molar-refractivity contribution in [2.75, 3.05) is 11.9 Å². The lowest BCUT2D eigenvalue weighted by Gasteiger charge is -2.00. The van der Waals surface area contributed by atoms with Crippen molar-refractivity contribution >= 4 is 22.4 Å². The van der Waals surface area contributed by atoms with Crippen molar-refractivity contribution in [2.45, 2.75) is 12.8 Å². The summed E-state index contributed by atoms with van der Waals surface area (Å²) in [5.74, 6) is -0.0844. The minimum Gasteiger partial charge on any atom is -0.478 e. The maximum Gasteiger partial charge on any atom is 0.335 e. The Kier molecular flexibility index (Phi) is 3.21. The SMILES string of the molecule is O=C(O)c1ccc(-c2csc(NCC3CC3)n2)cc1. The molecule has 0 saturated heterocycles. The van der Waals surface area contributed by atoms with Crippen LogP contribution in [0.15, 0.2) is 29.6 Å². The zero-order chi connectivity index (χ0) is 13.2. The first-order chi connectivity index (χ1) is 9.22. The Balaban J connectivity index is 1.71. The number of hydrogen-bond acceptors (Lipinski definition) is 4. The van der Waals surface area contributed by atoms with Crippen molar-refractivity contribution < 1.29 is 9.90 Å². The highest BCUT2D eigenvalue weighted by Gasteiger charge is 2.21. The Morgan fingerprint density at radius 2 is 2.11 bits per heavy atom. The van der Waals surface area contributed by atoms with E-state index in [2.05, 4.69) is 10.3 Å². The summed E-state index contributed by atoms with van der Waals surface area (Å²) in [5, 5.41) is 15.1. The quantitative estimate of drug-likeness (QED) is 0.878. The van der Waals surface area contributed by atoms with Gasteiger partial charge in [0.1, 0.15) is 0 Å². The van der Waals surface area contributed by atoms with E-state index in [-0.39, 0.29) is 0 Å². The molecule has 3 rings (SSSR count). The molecule has 0 unspecified atom stereocenters. The van der Waals surface area contributed by atoms with Crippen LogP contribution in [0.4, 0.5) is 5.13 Å². The molecular formula is C14H14N2O2S. The third-order valence-corrected chi connectivity index (χ3v) is 3.97. The number of carbonyl (C=O) groups is 1. The molecule has 1 heterocycles. The van der Waals surface area contributed by atoms with Crippen molar-refractivity contribution in [3.63, 3.8) is 0 Å². The molecule has 0 radical (unpaired) electrons. The molecule has 1 aliphatic carbocycles. The van der Waals surface area contributed by atoms with Crippen LogP contribution in [0.5, 0.6) is 0 Å². The third kappa shape index (κ3) is 2.93. The number of aromatic carboxylic acids is 1. The molecule has 1 fully saturated rings. The molecule has 98 valence electrons. The number of anilines is 1. The third-order valence-electron chi connectivity index (χ3n) is 3.17. The number of rotatable bonds is 5. The monoisotopic (exact) mass is 274 g/mol. The molecule has 0 bridgehead atoms. The average Bonchev–Trinajstić information content (AvgIpc) is 3.13. The predicted molar refractivity (Wildman–Crippen MR) is 75.7 cm³/mol. The minimum absolute atomic E-state index is 0.297. The maximum atomic E-state index is 10.8. The van der Waals surface area contributed by atoms with Gasteiger partial charge in [-0.05, 0) is 30.9 Å². The zero-order valence-electron chi connectivity index (χ0n) is 10.3. The molecule has 1 aromatic carbocycles. The molecule has 4 nitrogen and oxygen atoms in total. The van der Waals surface area contributed by atoms with E-state index >= 15 is 0 Å². The molecule has 0 aliphatic heterocycles. The van der Waals surface area contributed by atoms with Crippen LogP contribution in [-0.2, 0) is 0 Å². The van der Waals surface area contributed by atoms with Crippen molar-refractivity contribution in [1.29, 1.82) is 0 Å². The van der Waals surface area contributed by atoms with Crippen LogP contribution in [0.3, 0.4) is 0 Å². The van der Waals surface area contributed by atoms with Crippen molar-refractivity contribution in [2.24, 2.45) is 5.92 Å². The number of nitrogens with one attached hydrogen (secondary N) is 1. The van der Waals surface area contributed by atoms with Crippen LogP contribution < -0.4 is 5.32 Å². The normalized spacial score (nSPS) is 14.3. The van der Waals surface area contributed by atoms with Crippen molar-refractivity contribution in [3.8, 4) is 11.3 Å². The highest BCUT2D eigenvalue weighted by atomic mass is 32.1. The molecule has 0 amide bonds. The summed E-state index contributed by atoms with van der Waals surface area (Å²) >= 11 is 1.59. The standard InChI is InChI=1S/C14H14N2O2S/c17-13(18)11-5-3-10(4-6-11)12-8-19-14(16-12)15-7-9-1-2-9/h3-6,8-9H,1-2,7H2,(H,15,16)(H,17,18). The van der Waals surface area contributed by atoms with Crippen LogP contribution in [0.2, 0.25) is 0 Å². The van der Waals surface area contributed by atoms with E-state index in [1.165, 1.54) is 12.8 Å². The van der Waals surface area contributed by atoms with E-state index in [0.717, 1.165) is 28.9 Å². The molecule has 1 aromatic heterocycles. The van der Waals surface area contributed by atoms with E-state index in [9.17, 15) is 4.79 Å². The number of thiazole rings is 1. The fourth-order valence-corrected chi connectivity index (χ4v) is 2.55. The van der Waals surface area contributed by atoms with Crippen LogP contribution in [0.1, 0.15) is 23.2 Å². The molecular weight excluding hydrogens is 260 g/mol. The summed E-state index contributed by atoms with van der Waals surface area (Å²) < 4.78 is 0. The van der Waals surface area contributed by atoms with E-state index in [1.54, 1.807) is 35.6 Å². The van der Waals surface area contributed by atoms with Crippen LogP contribution in [-0.4, -0.2) is 22.6 Å². The van der Waals surface area contributed by atoms with E-state index in [4.69, 9.17) is 5.11 Å². The van der Waals surface area contributed by atoms with Crippen LogP contribution >= 0.6 is 11.3 Å². The molecule has 0 atom stereocenters. The second-order valence-electron chi connectivity index (χ2n) is 4.74. The van der Waals surface area contributed by atoms with Gasteiger partial charge in [-0.2, -0.15) is 0 Å². The largest absolute Gasteiger partial charge is 0.478 e. The first-order valence-corrected chi connectivity index (χ1v) is 7.13. The maximum absolute atomic E-state index is 10.8. The van der Waals surface area contributed by atoms with Gasteiger partial charge in [0.25, 0.3) is 0 Å².